The molecule has 122 valence electrons. The highest BCUT2D eigenvalue weighted by molar-refractivity contribution is 7.99. The molecule has 0 aliphatic carbocycles. The van der Waals surface area contributed by atoms with E-state index < -0.39 is 11.7 Å². The van der Waals surface area contributed by atoms with Crippen molar-refractivity contribution in [3.63, 3.8) is 0 Å². The zero-order chi connectivity index (χ0) is 17.5. The molecule has 0 spiro atoms. The zero-order valence-corrected chi connectivity index (χ0v) is 13.6. The molecule has 0 saturated carbocycles. The molecule has 2 aromatic carbocycles. The van der Waals surface area contributed by atoms with Crippen molar-refractivity contribution in [2.24, 2.45) is 0 Å². The highest BCUT2D eigenvalue weighted by atomic mass is 32.2. The Morgan fingerprint density at radius 3 is 2.33 bits per heavy atom. The minimum Gasteiger partial charge on any atom is -0.321 e. The summed E-state index contributed by atoms with van der Waals surface area (Å²) in [5, 5.41) is 11.7. The van der Waals surface area contributed by atoms with Gasteiger partial charge in [0.15, 0.2) is 0 Å². The van der Waals surface area contributed by atoms with Crippen molar-refractivity contribution in [3.05, 3.63) is 65.2 Å². The van der Waals surface area contributed by atoms with Gasteiger partial charge in [-0.25, -0.2) is 0 Å². The Kier molecular flexibility index (Phi) is 6.10. The van der Waals surface area contributed by atoms with E-state index in [1.807, 2.05) is 37.3 Å². The smallest absolute Gasteiger partial charge is 0.288 e. The number of halogens is 2. The molecule has 2 rings (SSSR count). The van der Waals surface area contributed by atoms with Gasteiger partial charge in [0.2, 0.25) is 0 Å². The summed E-state index contributed by atoms with van der Waals surface area (Å²) < 4.78 is 24.5. The van der Waals surface area contributed by atoms with Crippen molar-refractivity contribution in [1.29, 1.82) is 5.26 Å². The standard InChI is InChI=1S/C18H14F2N2OS/c1-12-2-4-13(5-3-12)10-14(11-21)17(23)22-15-6-8-16(9-7-15)24-18(19)20/h2-10,18H,1H3,(H,22,23)/b14-10+. The number of alkyl halides is 2. The molecule has 1 N–H and O–H groups in total. The maximum Gasteiger partial charge on any atom is 0.288 e. The highest BCUT2D eigenvalue weighted by Gasteiger charge is 2.10. The Morgan fingerprint density at radius 1 is 1.17 bits per heavy atom. The van der Waals surface area contributed by atoms with Crippen molar-refractivity contribution in [3.8, 4) is 6.07 Å². The first-order chi connectivity index (χ1) is 11.5. The maximum absolute atomic E-state index is 12.3. The topological polar surface area (TPSA) is 52.9 Å². The maximum atomic E-state index is 12.3. The predicted octanol–water partition coefficient (Wildman–Crippen LogP) is 4.86. The number of hydrogen-bond donors (Lipinski definition) is 1. The number of amides is 1. The molecule has 0 unspecified atom stereocenters. The first kappa shape index (κ1) is 17.7. The van der Waals surface area contributed by atoms with E-state index in [1.165, 1.54) is 30.3 Å². The van der Waals surface area contributed by atoms with Crippen LogP contribution in [0.15, 0.2) is 59.0 Å². The molecule has 0 aliphatic rings. The van der Waals surface area contributed by atoms with E-state index in [2.05, 4.69) is 5.32 Å². The van der Waals surface area contributed by atoms with E-state index in [1.54, 1.807) is 0 Å². The fraction of sp³-hybridized carbons (Fsp3) is 0.111. The first-order valence-corrected chi connectivity index (χ1v) is 7.90. The summed E-state index contributed by atoms with van der Waals surface area (Å²) in [6, 6.07) is 15.3. The van der Waals surface area contributed by atoms with Crippen LogP contribution in [-0.4, -0.2) is 11.7 Å². The average Bonchev–Trinajstić information content (AvgIpc) is 2.55. The molecule has 0 aromatic heterocycles. The number of aryl methyl sites for hydroxylation is 1. The van der Waals surface area contributed by atoms with Crippen molar-refractivity contribution in [2.45, 2.75) is 17.6 Å². The van der Waals surface area contributed by atoms with Crippen LogP contribution in [0, 0.1) is 18.3 Å². The predicted molar refractivity (Wildman–Crippen MR) is 91.7 cm³/mol. The zero-order valence-electron chi connectivity index (χ0n) is 12.8. The quantitative estimate of drug-likeness (QED) is 0.479. The van der Waals surface area contributed by atoms with Crippen LogP contribution in [0.4, 0.5) is 14.5 Å². The summed E-state index contributed by atoms with van der Waals surface area (Å²) in [6.07, 6.45) is 1.50. The number of thioether (sulfide) groups is 1. The molecular weight excluding hydrogens is 330 g/mol. The van der Waals surface area contributed by atoms with Gasteiger partial charge in [-0.2, -0.15) is 14.0 Å². The third-order valence-corrected chi connectivity index (χ3v) is 3.81. The van der Waals surface area contributed by atoms with Gasteiger partial charge in [0, 0.05) is 10.6 Å². The van der Waals surface area contributed by atoms with Crippen LogP contribution in [0.2, 0.25) is 0 Å². The summed E-state index contributed by atoms with van der Waals surface area (Å²) in [5.41, 5.74) is 2.22. The van der Waals surface area contributed by atoms with Gasteiger partial charge in [-0.3, -0.25) is 4.79 Å². The summed E-state index contributed by atoms with van der Waals surface area (Å²) in [4.78, 5) is 12.6. The van der Waals surface area contributed by atoms with Crippen LogP contribution in [0.25, 0.3) is 6.08 Å². The van der Waals surface area contributed by atoms with Gasteiger partial charge < -0.3 is 5.32 Å². The summed E-state index contributed by atoms with van der Waals surface area (Å²) in [7, 11) is 0. The Hall–Kier alpha value is -2.65. The average molecular weight is 344 g/mol. The van der Waals surface area contributed by atoms with E-state index >= 15 is 0 Å². The van der Waals surface area contributed by atoms with Crippen LogP contribution in [-0.2, 0) is 4.79 Å². The lowest BCUT2D eigenvalue weighted by Crippen LogP contribution is -2.13. The van der Waals surface area contributed by atoms with Crippen molar-refractivity contribution < 1.29 is 13.6 Å². The molecule has 3 nitrogen and oxygen atoms in total. The lowest BCUT2D eigenvalue weighted by Gasteiger charge is -2.06. The van der Waals surface area contributed by atoms with Crippen LogP contribution >= 0.6 is 11.8 Å². The number of rotatable bonds is 5. The highest BCUT2D eigenvalue weighted by Crippen LogP contribution is 2.26. The third-order valence-electron chi connectivity index (χ3n) is 3.09. The fourth-order valence-corrected chi connectivity index (χ4v) is 2.40. The van der Waals surface area contributed by atoms with Crippen molar-refractivity contribution >= 4 is 29.4 Å². The van der Waals surface area contributed by atoms with E-state index in [0.29, 0.717) is 22.3 Å². The second-order valence-corrected chi connectivity index (χ2v) is 6.00. The molecular formula is C18H14F2N2OS. The molecule has 0 atom stereocenters. The fourth-order valence-electron chi connectivity index (χ4n) is 1.90. The largest absolute Gasteiger partial charge is 0.321 e. The Morgan fingerprint density at radius 2 is 1.79 bits per heavy atom. The van der Waals surface area contributed by atoms with E-state index in [0.717, 1.165) is 11.1 Å². The third kappa shape index (κ3) is 5.21. The van der Waals surface area contributed by atoms with E-state index in [4.69, 9.17) is 5.26 Å². The van der Waals surface area contributed by atoms with Gasteiger partial charge in [0.1, 0.15) is 11.6 Å². The van der Waals surface area contributed by atoms with Gasteiger partial charge in [-0.05, 0) is 42.8 Å². The normalized spacial score (nSPS) is 11.2. The molecule has 24 heavy (non-hydrogen) atoms. The number of anilines is 1. The molecule has 0 bridgehead atoms. The number of hydrogen-bond acceptors (Lipinski definition) is 3. The van der Waals surface area contributed by atoms with Crippen LogP contribution < -0.4 is 5.32 Å². The SMILES string of the molecule is Cc1ccc(/C=C(\C#N)C(=O)Nc2ccc(SC(F)F)cc2)cc1. The Balaban J connectivity index is 2.09. The molecule has 0 aliphatic heterocycles. The molecule has 0 radical (unpaired) electrons. The molecule has 1 amide bonds. The molecule has 0 heterocycles. The molecule has 0 fully saturated rings. The molecule has 6 heteroatoms. The van der Waals surface area contributed by atoms with Crippen molar-refractivity contribution in [2.75, 3.05) is 5.32 Å². The van der Waals surface area contributed by atoms with Gasteiger partial charge in [0.25, 0.3) is 11.7 Å². The number of benzene rings is 2. The first-order valence-electron chi connectivity index (χ1n) is 7.02. The van der Waals surface area contributed by atoms with Crippen molar-refractivity contribution in [1.82, 2.24) is 0 Å². The van der Waals surface area contributed by atoms with Gasteiger partial charge in [0.05, 0.1) is 0 Å². The second-order valence-electron chi connectivity index (χ2n) is 4.94. The molecule has 2 aromatic rings. The van der Waals surface area contributed by atoms with E-state index in [-0.39, 0.29) is 5.57 Å². The number of nitrogens with one attached hydrogen (secondary N) is 1. The summed E-state index contributed by atoms with van der Waals surface area (Å²) in [5.74, 6) is -3.04. The Bertz CT molecular complexity index is 778. The van der Waals surface area contributed by atoms with Crippen LogP contribution in [0.5, 0.6) is 0 Å². The van der Waals surface area contributed by atoms with Gasteiger partial charge in [-0.1, -0.05) is 41.6 Å². The van der Waals surface area contributed by atoms with Crippen LogP contribution in [0.1, 0.15) is 11.1 Å². The number of carbonyl (C=O) groups is 1. The number of nitrogens with zero attached hydrogens (tertiary/aromatic N) is 1. The minimum absolute atomic E-state index is 0.0371. The monoisotopic (exact) mass is 344 g/mol. The lowest BCUT2D eigenvalue weighted by molar-refractivity contribution is -0.112. The van der Waals surface area contributed by atoms with Crippen LogP contribution in [0.3, 0.4) is 0 Å². The minimum atomic E-state index is -2.49. The molecule has 0 saturated heterocycles. The second kappa shape index (κ2) is 8.27. The lowest BCUT2D eigenvalue weighted by atomic mass is 10.1. The number of nitriles is 1. The number of carbonyl (C=O) groups excluding carboxylic acids is 1. The Labute approximate surface area is 143 Å². The summed E-state index contributed by atoms with van der Waals surface area (Å²) in [6.45, 7) is 1.95. The van der Waals surface area contributed by atoms with E-state index in [9.17, 15) is 13.6 Å². The van der Waals surface area contributed by atoms with Gasteiger partial charge >= 0.3 is 0 Å². The summed E-state index contributed by atoms with van der Waals surface area (Å²) >= 11 is 0.430. The van der Waals surface area contributed by atoms with Gasteiger partial charge in [-0.15, -0.1) is 0 Å².